The Labute approximate surface area is 113 Å². The van der Waals surface area contributed by atoms with Crippen LogP contribution in [-0.2, 0) is 9.59 Å². The van der Waals surface area contributed by atoms with E-state index in [-0.39, 0.29) is 18.5 Å². The fraction of sp³-hybridized carbons (Fsp3) is 0.846. The van der Waals surface area contributed by atoms with Crippen LogP contribution in [0.3, 0.4) is 0 Å². The lowest BCUT2D eigenvalue weighted by Gasteiger charge is -2.22. The van der Waals surface area contributed by atoms with Crippen LogP contribution in [0.2, 0.25) is 0 Å². The van der Waals surface area contributed by atoms with Crippen LogP contribution < -0.4 is 5.73 Å². The van der Waals surface area contributed by atoms with Crippen LogP contribution >= 0.6 is 0 Å². The van der Waals surface area contributed by atoms with Gasteiger partial charge in [-0.15, -0.1) is 0 Å². The zero-order valence-corrected chi connectivity index (χ0v) is 11.3. The van der Waals surface area contributed by atoms with Gasteiger partial charge in [0.1, 0.15) is 0 Å². The van der Waals surface area contributed by atoms with Crippen LogP contribution in [0.5, 0.6) is 0 Å². The molecule has 0 spiro atoms. The van der Waals surface area contributed by atoms with Gasteiger partial charge in [0, 0.05) is 38.6 Å². The second-order valence-corrected chi connectivity index (χ2v) is 5.61. The fourth-order valence-electron chi connectivity index (χ4n) is 2.59. The molecule has 1 atom stereocenters. The third kappa shape index (κ3) is 4.47. The number of hydrogen-bond donors (Lipinski definition) is 2. The van der Waals surface area contributed by atoms with Crippen LogP contribution in [0.25, 0.3) is 0 Å². The number of hydrogen-bond acceptors (Lipinski definition) is 4. The van der Waals surface area contributed by atoms with Crippen molar-refractivity contribution < 1.29 is 14.7 Å². The number of carbonyl (C=O) groups is 2. The first-order valence-electron chi connectivity index (χ1n) is 7.04. The molecule has 2 fully saturated rings. The SMILES string of the molecule is NC(CC(=O)N1CCCN(CC(=O)O)CC1)C1CC1. The van der Waals surface area contributed by atoms with E-state index in [1.807, 2.05) is 9.80 Å². The van der Waals surface area contributed by atoms with E-state index in [0.29, 0.717) is 32.0 Å². The average Bonchev–Trinajstić information content (AvgIpc) is 3.15. The van der Waals surface area contributed by atoms with Crippen LogP contribution in [0.4, 0.5) is 0 Å². The lowest BCUT2D eigenvalue weighted by molar-refractivity contribution is -0.138. The second-order valence-electron chi connectivity index (χ2n) is 5.61. The highest BCUT2D eigenvalue weighted by Crippen LogP contribution is 2.33. The molecule has 1 aliphatic carbocycles. The molecule has 3 N–H and O–H groups in total. The summed E-state index contributed by atoms with van der Waals surface area (Å²) in [6.07, 6.45) is 3.57. The topological polar surface area (TPSA) is 86.9 Å². The lowest BCUT2D eigenvalue weighted by Crippen LogP contribution is -2.39. The summed E-state index contributed by atoms with van der Waals surface area (Å²) in [5.41, 5.74) is 5.98. The molecule has 1 saturated heterocycles. The van der Waals surface area contributed by atoms with Crippen molar-refractivity contribution in [3.8, 4) is 0 Å². The molecule has 0 aromatic heterocycles. The van der Waals surface area contributed by atoms with E-state index < -0.39 is 5.97 Å². The quantitative estimate of drug-likeness (QED) is 0.717. The molecule has 0 aromatic carbocycles. The second kappa shape index (κ2) is 6.34. The Hall–Kier alpha value is -1.14. The number of nitrogens with two attached hydrogens (primary N) is 1. The van der Waals surface area contributed by atoms with E-state index in [1.54, 1.807) is 0 Å². The standard InChI is InChI=1S/C13H23N3O3/c14-11(10-2-3-10)8-12(17)16-5-1-4-15(6-7-16)9-13(18)19/h10-11H,1-9,14H2,(H,18,19). The minimum atomic E-state index is -0.810. The molecule has 1 unspecified atom stereocenters. The van der Waals surface area contributed by atoms with Gasteiger partial charge in [-0.1, -0.05) is 0 Å². The molecule has 1 heterocycles. The van der Waals surface area contributed by atoms with E-state index >= 15 is 0 Å². The van der Waals surface area contributed by atoms with Crippen molar-refractivity contribution in [3.05, 3.63) is 0 Å². The molecule has 0 bridgehead atoms. The summed E-state index contributed by atoms with van der Waals surface area (Å²) in [5.74, 6) is -0.147. The van der Waals surface area contributed by atoms with Crippen LogP contribution in [0.15, 0.2) is 0 Å². The van der Waals surface area contributed by atoms with Gasteiger partial charge in [0.15, 0.2) is 0 Å². The highest BCUT2D eigenvalue weighted by Gasteiger charge is 2.31. The van der Waals surface area contributed by atoms with Gasteiger partial charge < -0.3 is 15.7 Å². The minimum Gasteiger partial charge on any atom is -0.480 e. The van der Waals surface area contributed by atoms with Crippen molar-refractivity contribution in [1.82, 2.24) is 9.80 Å². The molecule has 108 valence electrons. The molecule has 1 aliphatic heterocycles. The van der Waals surface area contributed by atoms with E-state index in [1.165, 1.54) is 0 Å². The summed E-state index contributed by atoms with van der Waals surface area (Å²) in [6.45, 7) is 2.76. The lowest BCUT2D eigenvalue weighted by atomic mass is 10.1. The van der Waals surface area contributed by atoms with Crippen molar-refractivity contribution >= 4 is 11.9 Å². The zero-order chi connectivity index (χ0) is 13.8. The van der Waals surface area contributed by atoms with E-state index in [0.717, 1.165) is 25.8 Å². The highest BCUT2D eigenvalue weighted by molar-refractivity contribution is 5.77. The van der Waals surface area contributed by atoms with Gasteiger partial charge in [0.25, 0.3) is 0 Å². The third-order valence-corrected chi connectivity index (χ3v) is 3.94. The molecular formula is C13H23N3O3. The maximum Gasteiger partial charge on any atom is 0.317 e. The molecule has 0 aromatic rings. The molecular weight excluding hydrogens is 246 g/mol. The first kappa shape index (κ1) is 14.3. The van der Waals surface area contributed by atoms with Gasteiger partial charge in [-0.2, -0.15) is 0 Å². The number of nitrogens with zero attached hydrogens (tertiary/aromatic N) is 2. The summed E-state index contributed by atoms with van der Waals surface area (Å²) < 4.78 is 0. The molecule has 1 saturated carbocycles. The molecule has 0 radical (unpaired) electrons. The Balaban J connectivity index is 1.77. The maximum atomic E-state index is 12.1. The Bertz CT molecular complexity index is 344. The van der Waals surface area contributed by atoms with Gasteiger partial charge in [-0.25, -0.2) is 0 Å². The van der Waals surface area contributed by atoms with E-state index in [2.05, 4.69) is 0 Å². The monoisotopic (exact) mass is 269 g/mol. The Morgan fingerprint density at radius 1 is 1.21 bits per heavy atom. The van der Waals surface area contributed by atoms with Crippen LogP contribution in [0, 0.1) is 5.92 Å². The number of rotatable bonds is 5. The maximum absolute atomic E-state index is 12.1. The van der Waals surface area contributed by atoms with Gasteiger partial charge in [-0.3, -0.25) is 14.5 Å². The first-order chi connectivity index (χ1) is 9.06. The van der Waals surface area contributed by atoms with Gasteiger partial charge >= 0.3 is 5.97 Å². The van der Waals surface area contributed by atoms with Crippen molar-refractivity contribution in [2.45, 2.75) is 31.7 Å². The van der Waals surface area contributed by atoms with Crippen molar-refractivity contribution in [3.63, 3.8) is 0 Å². The summed E-state index contributed by atoms with van der Waals surface area (Å²) in [4.78, 5) is 26.5. The van der Waals surface area contributed by atoms with Gasteiger partial charge in [0.2, 0.25) is 5.91 Å². The summed E-state index contributed by atoms with van der Waals surface area (Å²) >= 11 is 0. The van der Waals surface area contributed by atoms with Gasteiger partial charge in [-0.05, 0) is 25.2 Å². The number of amides is 1. The van der Waals surface area contributed by atoms with Crippen molar-refractivity contribution in [2.75, 3.05) is 32.7 Å². The third-order valence-electron chi connectivity index (χ3n) is 3.94. The Kier molecular flexibility index (Phi) is 4.76. The van der Waals surface area contributed by atoms with Crippen LogP contribution in [-0.4, -0.2) is 65.5 Å². The fourth-order valence-corrected chi connectivity index (χ4v) is 2.59. The molecule has 6 heteroatoms. The largest absolute Gasteiger partial charge is 0.480 e. The van der Waals surface area contributed by atoms with Crippen LogP contribution in [0.1, 0.15) is 25.7 Å². The summed E-state index contributed by atoms with van der Waals surface area (Å²) in [5, 5.41) is 8.78. The number of carboxylic acids is 1. The molecule has 1 amide bonds. The number of aliphatic carboxylic acids is 1. The molecule has 2 aliphatic rings. The van der Waals surface area contributed by atoms with E-state index in [9.17, 15) is 9.59 Å². The Morgan fingerprint density at radius 2 is 1.95 bits per heavy atom. The predicted molar refractivity (Wildman–Crippen MR) is 70.6 cm³/mol. The highest BCUT2D eigenvalue weighted by atomic mass is 16.4. The van der Waals surface area contributed by atoms with Gasteiger partial charge in [0.05, 0.1) is 6.54 Å². The summed E-state index contributed by atoms with van der Waals surface area (Å²) in [7, 11) is 0. The zero-order valence-electron chi connectivity index (χ0n) is 11.3. The molecule has 19 heavy (non-hydrogen) atoms. The van der Waals surface area contributed by atoms with Crippen molar-refractivity contribution in [1.29, 1.82) is 0 Å². The normalized spacial score (nSPS) is 22.9. The van der Waals surface area contributed by atoms with E-state index in [4.69, 9.17) is 10.8 Å². The minimum absolute atomic E-state index is 0.00544. The predicted octanol–water partition coefficient (Wildman–Crippen LogP) is -0.267. The first-order valence-corrected chi connectivity index (χ1v) is 7.04. The Morgan fingerprint density at radius 3 is 2.58 bits per heavy atom. The summed E-state index contributed by atoms with van der Waals surface area (Å²) in [6, 6.07) is 0.00544. The molecule has 6 nitrogen and oxygen atoms in total. The molecule has 2 rings (SSSR count). The number of carboxylic acid groups (broad SMARTS) is 1. The van der Waals surface area contributed by atoms with Crippen molar-refractivity contribution in [2.24, 2.45) is 11.7 Å². The average molecular weight is 269 g/mol. The smallest absolute Gasteiger partial charge is 0.317 e. The number of carbonyl (C=O) groups excluding carboxylic acids is 1.